The Morgan fingerprint density at radius 3 is 0.824 bits per heavy atom. The van der Waals surface area contributed by atoms with Crippen LogP contribution in [0.25, 0.3) is 0 Å². The first kappa shape index (κ1) is 20.3. The van der Waals surface area contributed by atoms with Gasteiger partial charge in [-0.15, -0.1) is 0 Å². The molecule has 0 aromatic heterocycles. The predicted octanol–water partition coefficient (Wildman–Crippen LogP) is 0.421. The van der Waals surface area contributed by atoms with Gasteiger partial charge >= 0.3 is 34.0 Å². The van der Waals surface area contributed by atoms with Crippen molar-refractivity contribution in [1.29, 1.82) is 0 Å². The van der Waals surface area contributed by atoms with Crippen LogP contribution in [0.15, 0.2) is 0 Å². The molecule has 0 N–H and O–H groups in total. The molecule has 0 aromatic rings. The molecule has 0 saturated heterocycles. The minimum absolute atomic E-state index is 0. The molecule has 0 aliphatic heterocycles. The van der Waals surface area contributed by atoms with E-state index in [-0.39, 0.29) is 35.7 Å². The van der Waals surface area contributed by atoms with Gasteiger partial charge < -0.3 is 11.4 Å². The summed E-state index contributed by atoms with van der Waals surface area (Å²) in [6.45, 7) is 18.2. The van der Waals surface area contributed by atoms with Crippen LogP contribution < -0.4 is 18.9 Å². The van der Waals surface area contributed by atoms with E-state index in [9.17, 15) is 0 Å². The molecule has 0 heterocycles. The van der Waals surface area contributed by atoms with E-state index in [1.54, 1.807) is 0 Å². The fraction of sp³-hybridized carbons (Fsp3) is 1.00. The Hall–Kier alpha value is 1.01. The summed E-state index contributed by atoms with van der Waals surface area (Å²) in [5.74, 6) is 0. The summed E-state index contributed by atoms with van der Waals surface area (Å²) < 4.78 is 17.7. The molecule has 97 valence electrons. The minimum Gasteiger partial charge on any atom is -0.630 e. The average molecular weight is 253 g/mol. The number of hydrogen-bond acceptors (Lipinski definition) is 3. The predicted molar refractivity (Wildman–Crippen MR) is 68.3 cm³/mol. The zero-order valence-electron chi connectivity index (χ0n) is 13.3. The summed E-state index contributed by atoms with van der Waals surface area (Å²) in [6, 6.07) is 0. The van der Waals surface area contributed by atoms with E-state index in [0.717, 1.165) is 0 Å². The van der Waals surface area contributed by atoms with E-state index in [0.29, 0.717) is 0 Å². The van der Waals surface area contributed by atoms with E-state index in [1.165, 1.54) is 0 Å². The van der Waals surface area contributed by atoms with Crippen molar-refractivity contribution in [2.45, 2.75) is 79.1 Å². The van der Waals surface area contributed by atoms with Crippen LogP contribution in [0, 0.1) is 0 Å². The van der Waals surface area contributed by atoms with Gasteiger partial charge in [0.2, 0.25) is 0 Å². The van der Waals surface area contributed by atoms with Crippen LogP contribution in [-0.4, -0.2) is 32.0 Å². The summed E-state index contributed by atoms with van der Waals surface area (Å²) in [5.41, 5.74) is -0.686. The standard InChI is InChI=1S/3C4H9O.Al.Li/c3*1-4(2,3)5;;/h3*1-3H3;;/q3*-1;+2;+1. The summed E-state index contributed by atoms with van der Waals surface area (Å²) in [6.07, 6.45) is 0. The Morgan fingerprint density at radius 1 is 0.529 bits per heavy atom. The smallest absolute Gasteiger partial charge is 0.630 e. The molecule has 0 rings (SSSR count). The van der Waals surface area contributed by atoms with Crippen molar-refractivity contribution in [2.24, 2.45) is 0 Å². The third kappa shape index (κ3) is 15.0. The molecule has 0 amide bonds. The minimum atomic E-state index is -2.11. The van der Waals surface area contributed by atoms with Crippen molar-refractivity contribution < 1.29 is 30.2 Å². The molecule has 0 saturated carbocycles. The molecule has 0 atom stereocenters. The van der Waals surface area contributed by atoms with Crippen LogP contribution in [0.4, 0.5) is 0 Å². The molecule has 17 heavy (non-hydrogen) atoms. The van der Waals surface area contributed by atoms with E-state index >= 15 is 0 Å². The molecule has 5 heteroatoms. The summed E-state index contributed by atoms with van der Waals surface area (Å²) in [5, 5.41) is 0. The fourth-order valence-corrected chi connectivity index (χ4v) is 2.81. The second-order valence-corrected chi connectivity index (χ2v) is 8.26. The third-order valence-corrected chi connectivity index (χ3v) is 4.05. The van der Waals surface area contributed by atoms with Crippen molar-refractivity contribution in [3.8, 4) is 0 Å². The van der Waals surface area contributed by atoms with Crippen LogP contribution in [0.1, 0.15) is 62.3 Å². The number of hydrogen-bond donors (Lipinski definition) is 0. The van der Waals surface area contributed by atoms with E-state index in [4.69, 9.17) is 11.4 Å². The molecule has 1 radical (unpaired) electrons. The average Bonchev–Trinajstić information content (AvgIpc) is 1.70. The topological polar surface area (TPSA) is 27.7 Å². The Bertz CT molecular complexity index is 175. The van der Waals surface area contributed by atoms with Crippen molar-refractivity contribution in [2.75, 3.05) is 0 Å². The van der Waals surface area contributed by atoms with Gasteiger partial charge in [-0.25, -0.2) is 0 Å². The third-order valence-electron chi connectivity index (χ3n) is 1.35. The molecular weight excluding hydrogens is 226 g/mol. The van der Waals surface area contributed by atoms with Gasteiger partial charge in [-0.1, -0.05) is 0 Å². The largest absolute Gasteiger partial charge is 1.00 e. The van der Waals surface area contributed by atoms with Crippen LogP contribution in [0.2, 0.25) is 0 Å². The van der Waals surface area contributed by atoms with Crippen LogP contribution in [0.5, 0.6) is 0 Å². The van der Waals surface area contributed by atoms with E-state index < -0.39 is 15.1 Å². The van der Waals surface area contributed by atoms with Gasteiger partial charge in [-0.2, -0.15) is 0 Å². The van der Waals surface area contributed by atoms with Gasteiger partial charge in [0.05, 0.1) is 0 Å². The maximum Gasteiger partial charge on any atom is 1.00 e. The van der Waals surface area contributed by atoms with Crippen LogP contribution in [-0.2, 0) is 11.4 Å². The van der Waals surface area contributed by atoms with E-state index in [2.05, 4.69) is 0 Å². The summed E-state index contributed by atoms with van der Waals surface area (Å²) >= 11 is -2.11. The van der Waals surface area contributed by atoms with Gasteiger partial charge in [-0.3, -0.25) is 0 Å². The van der Waals surface area contributed by atoms with Gasteiger partial charge in [0, 0.05) is 16.8 Å². The zero-order chi connectivity index (χ0) is 13.2. The van der Waals surface area contributed by atoms with Crippen molar-refractivity contribution >= 4 is 15.1 Å². The Morgan fingerprint density at radius 2 is 0.706 bits per heavy atom. The van der Waals surface area contributed by atoms with Gasteiger partial charge in [0.25, 0.3) is 0 Å². The molecule has 0 aromatic carbocycles. The Labute approximate surface area is 124 Å². The Kier molecular flexibility index (Phi) is 8.34. The van der Waals surface area contributed by atoms with Crippen molar-refractivity contribution in [3.05, 3.63) is 0 Å². The first-order valence-electron chi connectivity index (χ1n) is 5.82. The maximum atomic E-state index is 5.88. The molecule has 0 fully saturated rings. The number of rotatable bonds is 3. The zero-order valence-corrected chi connectivity index (χ0v) is 14.5. The normalized spacial score (nSPS) is 13.8. The van der Waals surface area contributed by atoms with E-state index in [1.807, 2.05) is 62.3 Å². The molecule has 0 spiro atoms. The Balaban J connectivity index is 0. The quantitative estimate of drug-likeness (QED) is 0.682. The van der Waals surface area contributed by atoms with Crippen molar-refractivity contribution in [1.82, 2.24) is 0 Å². The molecular formula is C12H27AlLiO3. The molecule has 0 unspecified atom stereocenters. The molecule has 3 nitrogen and oxygen atoms in total. The summed E-state index contributed by atoms with van der Waals surface area (Å²) in [4.78, 5) is 0. The van der Waals surface area contributed by atoms with Gasteiger partial charge in [-0.05, 0) is 62.3 Å². The van der Waals surface area contributed by atoms with Crippen LogP contribution in [0.3, 0.4) is 0 Å². The fourth-order valence-electron chi connectivity index (χ4n) is 0.938. The molecule has 0 bridgehead atoms. The first-order chi connectivity index (χ1) is 6.79. The van der Waals surface area contributed by atoms with Gasteiger partial charge in [0.15, 0.2) is 0 Å². The van der Waals surface area contributed by atoms with Gasteiger partial charge in [0.1, 0.15) is 0 Å². The monoisotopic (exact) mass is 253 g/mol. The summed E-state index contributed by atoms with van der Waals surface area (Å²) in [7, 11) is 0. The second kappa shape index (κ2) is 6.97. The first-order valence-corrected chi connectivity index (χ1v) is 7.23. The maximum absolute atomic E-state index is 5.88. The molecule has 0 aliphatic rings. The van der Waals surface area contributed by atoms with Crippen LogP contribution >= 0.6 is 0 Å². The molecule has 0 aliphatic carbocycles. The van der Waals surface area contributed by atoms with Crippen molar-refractivity contribution in [3.63, 3.8) is 0 Å². The SMILES string of the molecule is CC(C)(C)[O][Al-]([O]C(C)(C)C)[O]C(C)(C)C.[Li+]. The second-order valence-electron chi connectivity index (χ2n) is 6.98.